The van der Waals surface area contributed by atoms with Crippen LogP contribution in [-0.4, -0.2) is 22.4 Å². The Kier molecular flexibility index (Phi) is 3.47. The van der Waals surface area contributed by atoms with Crippen LogP contribution in [0.25, 0.3) is 0 Å². The van der Waals surface area contributed by atoms with E-state index in [1.165, 1.54) is 29.7 Å². The molecule has 1 aromatic carbocycles. The molecule has 2 aromatic rings. The Labute approximate surface area is 132 Å². The zero-order valence-electron chi connectivity index (χ0n) is 11.8. The zero-order chi connectivity index (χ0) is 14.2. The predicted molar refractivity (Wildman–Crippen MR) is 84.5 cm³/mol. The van der Waals surface area contributed by atoms with E-state index in [4.69, 9.17) is 4.74 Å². The minimum Gasteiger partial charge on any atom is -0.493 e. The van der Waals surface area contributed by atoms with Crippen LogP contribution in [0, 0.1) is 0 Å². The fraction of sp³-hybridized carbons (Fsp3) is 0.438. The molecule has 1 saturated carbocycles. The maximum absolute atomic E-state index is 5.80. The van der Waals surface area contributed by atoms with E-state index in [-0.39, 0.29) is 0 Å². The molecule has 0 amide bonds. The van der Waals surface area contributed by atoms with Crippen molar-refractivity contribution in [2.75, 3.05) is 6.61 Å². The first-order valence-electron chi connectivity index (χ1n) is 7.48. The smallest absolute Gasteiger partial charge is 0.127 e. The van der Waals surface area contributed by atoms with Gasteiger partial charge in [0.25, 0.3) is 0 Å². The monoisotopic (exact) mass is 347 g/mol. The highest BCUT2D eigenvalue weighted by Gasteiger charge is 2.21. The van der Waals surface area contributed by atoms with E-state index >= 15 is 0 Å². The van der Waals surface area contributed by atoms with E-state index in [2.05, 4.69) is 49.2 Å². The molecule has 0 unspecified atom stereocenters. The summed E-state index contributed by atoms with van der Waals surface area (Å²) >= 11 is 3.60. The third-order valence-corrected chi connectivity index (χ3v) is 4.56. The van der Waals surface area contributed by atoms with Gasteiger partial charge in [-0.2, -0.15) is 5.10 Å². The minimum absolute atomic E-state index is 0.715. The summed E-state index contributed by atoms with van der Waals surface area (Å²) in [6.07, 6.45) is 5.49. The van der Waals surface area contributed by atoms with Gasteiger partial charge in [0, 0.05) is 35.2 Å². The van der Waals surface area contributed by atoms with Crippen LogP contribution in [0.4, 0.5) is 0 Å². The van der Waals surface area contributed by atoms with Crippen molar-refractivity contribution in [2.45, 2.75) is 38.4 Å². The van der Waals surface area contributed by atoms with Crippen LogP contribution in [-0.2, 0) is 19.5 Å². The number of halogens is 1. The van der Waals surface area contributed by atoms with Crippen LogP contribution < -0.4 is 10.1 Å². The molecule has 110 valence electrons. The number of hydrogen-bond donors (Lipinski definition) is 1. The Bertz CT molecular complexity index is 664. The molecule has 0 radical (unpaired) electrons. The molecule has 1 N–H and O–H groups in total. The lowest BCUT2D eigenvalue weighted by Gasteiger charge is -2.12. The number of nitrogens with one attached hydrogen (secondary N) is 1. The molecule has 2 aliphatic rings. The number of hydrogen-bond acceptors (Lipinski definition) is 3. The highest BCUT2D eigenvalue weighted by Crippen LogP contribution is 2.33. The molecule has 0 bridgehead atoms. The van der Waals surface area contributed by atoms with Crippen LogP contribution >= 0.6 is 15.9 Å². The lowest BCUT2D eigenvalue weighted by molar-refractivity contribution is 0.352. The predicted octanol–water partition coefficient (Wildman–Crippen LogP) is 2.88. The molecule has 5 heteroatoms. The fourth-order valence-electron chi connectivity index (χ4n) is 2.81. The molecule has 4 nitrogen and oxygen atoms in total. The lowest BCUT2D eigenvalue weighted by Crippen LogP contribution is -2.19. The SMILES string of the molecule is Brc1cc2c(c(Cn3nccc3CNC3CC3)c1)OCC2. The van der Waals surface area contributed by atoms with Gasteiger partial charge >= 0.3 is 0 Å². The number of ether oxygens (including phenoxy) is 1. The summed E-state index contributed by atoms with van der Waals surface area (Å²) in [4.78, 5) is 0. The summed E-state index contributed by atoms with van der Waals surface area (Å²) in [6.45, 7) is 2.44. The van der Waals surface area contributed by atoms with Crippen LogP contribution in [0.5, 0.6) is 5.75 Å². The molecule has 0 saturated heterocycles. The summed E-state index contributed by atoms with van der Waals surface area (Å²) < 4.78 is 8.99. The molecule has 0 atom stereocenters. The van der Waals surface area contributed by atoms with Gasteiger partial charge in [0.1, 0.15) is 5.75 Å². The van der Waals surface area contributed by atoms with Crippen molar-refractivity contribution in [1.29, 1.82) is 0 Å². The molecule has 21 heavy (non-hydrogen) atoms. The molecular weight excluding hydrogens is 330 g/mol. The van der Waals surface area contributed by atoms with E-state index in [9.17, 15) is 0 Å². The summed E-state index contributed by atoms with van der Waals surface area (Å²) in [5.41, 5.74) is 3.73. The second-order valence-corrected chi connectivity index (χ2v) is 6.70. The third-order valence-electron chi connectivity index (χ3n) is 4.10. The molecule has 1 fully saturated rings. The Morgan fingerprint density at radius 3 is 3.14 bits per heavy atom. The van der Waals surface area contributed by atoms with E-state index in [1.54, 1.807) is 0 Å². The number of aromatic nitrogens is 2. The highest BCUT2D eigenvalue weighted by molar-refractivity contribution is 9.10. The van der Waals surface area contributed by atoms with E-state index in [1.807, 2.05) is 6.20 Å². The molecule has 1 aliphatic heterocycles. The maximum atomic E-state index is 5.80. The summed E-state index contributed by atoms with van der Waals surface area (Å²) in [6, 6.07) is 7.11. The first-order valence-corrected chi connectivity index (χ1v) is 8.27. The van der Waals surface area contributed by atoms with Gasteiger partial charge in [-0.3, -0.25) is 4.68 Å². The van der Waals surface area contributed by atoms with Crippen molar-refractivity contribution in [3.05, 3.63) is 45.7 Å². The summed E-state index contributed by atoms with van der Waals surface area (Å²) in [7, 11) is 0. The van der Waals surface area contributed by atoms with Crippen molar-refractivity contribution < 1.29 is 4.74 Å². The Morgan fingerprint density at radius 1 is 1.38 bits per heavy atom. The number of rotatable bonds is 5. The average Bonchev–Trinajstić information content (AvgIpc) is 2.99. The Morgan fingerprint density at radius 2 is 2.29 bits per heavy atom. The maximum Gasteiger partial charge on any atom is 0.127 e. The van der Waals surface area contributed by atoms with Crippen molar-refractivity contribution >= 4 is 15.9 Å². The quantitative estimate of drug-likeness (QED) is 0.903. The Hall–Kier alpha value is -1.33. The van der Waals surface area contributed by atoms with Crippen LogP contribution in [0.15, 0.2) is 28.9 Å². The summed E-state index contributed by atoms with van der Waals surface area (Å²) in [5.74, 6) is 1.05. The van der Waals surface area contributed by atoms with Gasteiger partial charge in [0.15, 0.2) is 0 Å². The average molecular weight is 348 g/mol. The lowest BCUT2D eigenvalue weighted by atomic mass is 10.1. The molecule has 1 aliphatic carbocycles. The van der Waals surface area contributed by atoms with Gasteiger partial charge in [-0.15, -0.1) is 0 Å². The second kappa shape index (κ2) is 5.46. The van der Waals surface area contributed by atoms with Crippen molar-refractivity contribution in [2.24, 2.45) is 0 Å². The van der Waals surface area contributed by atoms with Gasteiger partial charge in [-0.05, 0) is 36.6 Å². The van der Waals surface area contributed by atoms with Gasteiger partial charge < -0.3 is 10.1 Å². The van der Waals surface area contributed by atoms with E-state index in [0.717, 1.165) is 36.3 Å². The van der Waals surface area contributed by atoms with Crippen molar-refractivity contribution in [3.8, 4) is 5.75 Å². The number of fused-ring (bicyclic) bond motifs is 1. The topological polar surface area (TPSA) is 39.1 Å². The van der Waals surface area contributed by atoms with Gasteiger partial charge in [0.05, 0.1) is 18.8 Å². The van der Waals surface area contributed by atoms with Crippen LogP contribution in [0.1, 0.15) is 29.7 Å². The van der Waals surface area contributed by atoms with Gasteiger partial charge in [-0.25, -0.2) is 0 Å². The zero-order valence-corrected chi connectivity index (χ0v) is 13.4. The number of nitrogens with zero attached hydrogens (tertiary/aromatic N) is 2. The first kappa shape index (κ1) is 13.3. The molecular formula is C16H18BrN3O. The van der Waals surface area contributed by atoms with E-state index < -0.39 is 0 Å². The van der Waals surface area contributed by atoms with Crippen LogP contribution in [0.2, 0.25) is 0 Å². The Balaban J connectivity index is 1.57. The van der Waals surface area contributed by atoms with E-state index in [0.29, 0.717) is 6.04 Å². The second-order valence-electron chi connectivity index (χ2n) is 5.79. The standard InChI is InChI=1S/C16H18BrN3O/c17-13-7-11-4-6-21-16(11)12(8-13)10-20-15(3-5-19-20)9-18-14-1-2-14/h3,5,7-8,14,18H,1-2,4,6,9-10H2. The summed E-state index contributed by atoms with van der Waals surface area (Å²) in [5, 5.41) is 8.02. The van der Waals surface area contributed by atoms with Crippen molar-refractivity contribution in [3.63, 3.8) is 0 Å². The minimum atomic E-state index is 0.715. The molecule has 0 spiro atoms. The molecule has 2 heterocycles. The van der Waals surface area contributed by atoms with Gasteiger partial charge in [0.2, 0.25) is 0 Å². The molecule has 1 aromatic heterocycles. The number of benzene rings is 1. The van der Waals surface area contributed by atoms with Gasteiger partial charge in [-0.1, -0.05) is 15.9 Å². The normalized spacial score (nSPS) is 16.8. The largest absolute Gasteiger partial charge is 0.493 e. The van der Waals surface area contributed by atoms with Crippen molar-refractivity contribution in [1.82, 2.24) is 15.1 Å². The highest BCUT2D eigenvalue weighted by atomic mass is 79.9. The van der Waals surface area contributed by atoms with Crippen LogP contribution in [0.3, 0.4) is 0 Å². The molecule has 4 rings (SSSR count). The fourth-order valence-corrected chi connectivity index (χ4v) is 3.37. The first-order chi connectivity index (χ1) is 10.3. The third kappa shape index (κ3) is 2.85.